The molecule has 2 amide bonds. The minimum atomic E-state index is -0.352. The first kappa shape index (κ1) is 18.2. The van der Waals surface area contributed by atoms with Crippen molar-refractivity contribution < 1.29 is 9.59 Å². The molecule has 136 valence electrons. The molecule has 26 heavy (non-hydrogen) atoms. The second kappa shape index (κ2) is 8.65. The fourth-order valence-electron chi connectivity index (χ4n) is 3.46. The van der Waals surface area contributed by atoms with Crippen molar-refractivity contribution in [2.75, 3.05) is 6.54 Å². The van der Waals surface area contributed by atoms with Crippen molar-refractivity contribution in [2.24, 2.45) is 0 Å². The normalized spacial score (nSPS) is 18.0. The minimum Gasteiger partial charge on any atom is -0.354 e. The molecule has 1 fully saturated rings. The van der Waals surface area contributed by atoms with Crippen LogP contribution in [-0.4, -0.2) is 29.3 Å². The highest BCUT2D eigenvalue weighted by Gasteiger charge is 2.35. The number of benzene rings is 2. The summed E-state index contributed by atoms with van der Waals surface area (Å²) in [6.45, 7) is 3.29. The van der Waals surface area contributed by atoms with Crippen molar-refractivity contribution in [1.29, 1.82) is 0 Å². The van der Waals surface area contributed by atoms with Crippen molar-refractivity contribution in [3.05, 3.63) is 71.8 Å². The number of carbonyl (C=O) groups excluding carboxylic acids is 2. The summed E-state index contributed by atoms with van der Waals surface area (Å²) in [6.07, 6.45) is 1.94. The van der Waals surface area contributed by atoms with E-state index < -0.39 is 0 Å². The van der Waals surface area contributed by atoms with E-state index in [0.717, 1.165) is 12.0 Å². The highest BCUT2D eigenvalue weighted by atomic mass is 16.2. The molecule has 0 radical (unpaired) electrons. The van der Waals surface area contributed by atoms with Crippen LogP contribution in [0, 0.1) is 0 Å². The molecular weight excluding hydrogens is 324 g/mol. The summed E-state index contributed by atoms with van der Waals surface area (Å²) in [5.41, 5.74) is 2.33. The first-order chi connectivity index (χ1) is 12.6. The van der Waals surface area contributed by atoms with Gasteiger partial charge >= 0.3 is 0 Å². The van der Waals surface area contributed by atoms with Crippen molar-refractivity contribution in [1.82, 2.24) is 10.2 Å². The zero-order valence-corrected chi connectivity index (χ0v) is 15.2. The average molecular weight is 350 g/mol. The number of likely N-dealkylation sites (tertiary alicyclic amines) is 1. The first-order valence-electron chi connectivity index (χ1n) is 9.31. The predicted octanol–water partition coefficient (Wildman–Crippen LogP) is 3.49. The molecule has 2 atom stereocenters. The molecule has 1 saturated heterocycles. The Morgan fingerprint density at radius 2 is 1.77 bits per heavy atom. The van der Waals surface area contributed by atoms with E-state index in [1.165, 1.54) is 5.56 Å². The maximum atomic E-state index is 12.6. The number of amides is 2. The Morgan fingerprint density at radius 1 is 1.12 bits per heavy atom. The average Bonchev–Trinajstić information content (AvgIpc) is 3.03. The van der Waals surface area contributed by atoms with E-state index in [9.17, 15) is 9.59 Å². The molecule has 4 heteroatoms. The molecule has 4 nitrogen and oxygen atoms in total. The van der Waals surface area contributed by atoms with Crippen LogP contribution in [0.2, 0.25) is 0 Å². The SMILES string of the molecule is CC(CCNC(=O)C1CCC(=O)N1Cc1ccccc1)c1ccccc1. The van der Waals surface area contributed by atoms with Crippen molar-refractivity contribution in [3.63, 3.8) is 0 Å². The lowest BCUT2D eigenvalue weighted by molar-refractivity contribution is -0.135. The van der Waals surface area contributed by atoms with Crippen LogP contribution in [0.1, 0.15) is 43.2 Å². The molecule has 1 aliphatic heterocycles. The van der Waals surface area contributed by atoms with Gasteiger partial charge in [0.1, 0.15) is 6.04 Å². The molecule has 3 rings (SSSR count). The van der Waals surface area contributed by atoms with Gasteiger partial charge in [-0.1, -0.05) is 67.6 Å². The van der Waals surface area contributed by atoms with Gasteiger partial charge in [-0.15, -0.1) is 0 Å². The van der Waals surface area contributed by atoms with Gasteiger partial charge in [-0.25, -0.2) is 0 Å². The second-order valence-corrected chi connectivity index (χ2v) is 6.95. The summed E-state index contributed by atoms with van der Waals surface area (Å²) in [7, 11) is 0. The Labute approximate surface area is 155 Å². The number of nitrogens with zero attached hydrogens (tertiary/aromatic N) is 1. The van der Waals surface area contributed by atoms with E-state index in [1.807, 2.05) is 48.5 Å². The van der Waals surface area contributed by atoms with Crippen molar-refractivity contribution in [2.45, 2.75) is 44.7 Å². The lowest BCUT2D eigenvalue weighted by Crippen LogP contribution is -2.44. The van der Waals surface area contributed by atoms with Crippen LogP contribution >= 0.6 is 0 Å². The molecule has 0 aromatic heterocycles. The number of carbonyl (C=O) groups is 2. The lowest BCUT2D eigenvalue weighted by Gasteiger charge is -2.24. The quantitative estimate of drug-likeness (QED) is 0.831. The van der Waals surface area contributed by atoms with Crippen LogP contribution in [0.3, 0.4) is 0 Å². The lowest BCUT2D eigenvalue weighted by atomic mass is 9.98. The van der Waals surface area contributed by atoms with Gasteiger partial charge in [-0.3, -0.25) is 9.59 Å². The van der Waals surface area contributed by atoms with Gasteiger partial charge < -0.3 is 10.2 Å². The van der Waals surface area contributed by atoms with Crippen LogP contribution in [0.25, 0.3) is 0 Å². The number of rotatable bonds is 7. The van der Waals surface area contributed by atoms with E-state index in [4.69, 9.17) is 0 Å². The van der Waals surface area contributed by atoms with Crippen LogP contribution < -0.4 is 5.32 Å². The third kappa shape index (κ3) is 4.51. The van der Waals surface area contributed by atoms with Crippen LogP contribution in [0.15, 0.2) is 60.7 Å². The van der Waals surface area contributed by atoms with Crippen LogP contribution in [0.5, 0.6) is 0 Å². The van der Waals surface area contributed by atoms with Crippen LogP contribution in [0.4, 0.5) is 0 Å². The van der Waals surface area contributed by atoms with Gasteiger partial charge in [-0.05, 0) is 29.9 Å². The first-order valence-corrected chi connectivity index (χ1v) is 9.31. The molecule has 1 heterocycles. The zero-order chi connectivity index (χ0) is 18.4. The summed E-state index contributed by atoms with van der Waals surface area (Å²) >= 11 is 0. The van der Waals surface area contributed by atoms with Crippen molar-refractivity contribution in [3.8, 4) is 0 Å². The summed E-state index contributed by atoms with van der Waals surface area (Å²) < 4.78 is 0. The fraction of sp³-hybridized carbons (Fsp3) is 0.364. The Balaban J connectivity index is 1.52. The smallest absolute Gasteiger partial charge is 0.242 e. The van der Waals surface area contributed by atoms with Gasteiger partial charge in [0.15, 0.2) is 0 Å². The molecule has 2 aromatic rings. The molecule has 0 saturated carbocycles. The molecule has 0 bridgehead atoms. The maximum absolute atomic E-state index is 12.6. The molecule has 0 spiro atoms. The predicted molar refractivity (Wildman–Crippen MR) is 102 cm³/mol. The summed E-state index contributed by atoms with van der Waals surface area (Å²) in [5, 5.41) is 3.03. The number of hydrogen-bond donors (Lipinski definition) is 1. The van der Waals surface area contributed by atoms with Gasteiger partial charge in [0.05, 0.1) is 0 Å². The number of nitrogens with one attached hydrogen (secondary N) is 1. The second-order valence-electron chi connectivity index (χ2n) is 6.95. The number of hydrogen-bond acceptors (Lipinski definition) is 2. The van der Waals surface area contributed by atoms with E-state index in [2.05, 4.69) is 24.4 Å². The minimum absolute atomic E-state index is 0.0351. The molecule has 1 N–H and O–H groups in total. The van der Waals surface area contributed by atoms with E-state index in [0.29, 0.717) is 31.8 Å². The molecule has 1 aliphatic rings. The summed E-state index contributed by atoms with van der Waals surface area (Å²) in [4.78, 5) is 26.5. The van der Waals surface area contributed by atoms with Crippen LogP contribution in [-0.2, 0) is 16.1 Å². The molecule has 2 aromatic carbocycles. The topological polar surface area (TPSA) is 49.4 Å². The highest BCUT2D eigenvalue weighted by Crippen LogP contribution is 2.22. The fourth-order valence-corrected chi connectivity index (χ4v) is 3.46. The maximum Gasteiger partial charge on any atom is 0.242 e. The Bertz CT molecular complexity index is 730. The third-order valence-corrected chi connectivity index (χ3v) is 5.07. The highest BCUT2D eigenvalue weighted by molar-refractivity contribution is 5.90. The van der Waals surface area contributed by atoms with Gasteiger partial charge in [-0.2, -0.15) is 0 Å². The zero-order valence-electron chi connectivity index (χ0n) is 15.2. The molecule has 2 unspecified atom stereocenters. The van der Waals surface area contributed by atoms with Gasteiger partial charge in [0.25, 0.3) is 0 Å². The Morgan fingerprint density at radius 3 is 2.46 bits per heavy atom. The monoisotopic (exact) mass is 350 g/mol. The molecular formula is C22H26N2O2. The summed E-state index contributed by atoms with van der Waals surface area (Å²) in [5.74, 6) is 0.417. The Hall–Kier alpha value is -2.62. The Kier molecular flexibility index (Phi) is 6.05. The largest absolute Gasteiger partial charge is 0.354 e. The van der Waals surface area contributed by atoms with E-state index >= 15 is 0 Å². The van der Waals surface area contributed by atoms with Gasteiger partial charge in [0.2, 0.25) is 11.8 Å². The molecule has 0 aliphatic carbocycles. The van der Waals surface area contributed by atoms with Crippen molar-refractivity contribution >= 4 is 11.8 Å². The van der Waals surface area contributed by atoms with E-state index in [-0.39, 0.29) is 17.9 Å². The standard InChI is InChI=1S/C22H26N2O2/c1-17(19-10-6-3-7-11-19)14-15-23-22(26)20-12-13-21(25)24(20)16-18-8-4-2-5-9-18/h2-11,17,20H,12-16H2,1H3,(H,23,26). The third-order valence-electron chi connectivity index (χ3n) is 5.07. The van der Waals surface area contributed by atoms with Gasteiger partial charge in [0, 0.05) is 19.5 Å². The van der Waals surface area contributed by atoms with E-state index in [1.54, 1.807) is 4.90 Å². The summed E-state index contributed by atoms with van der Waals surface area (Å²) in [6, 6.07) is 19.8.